The SMILES string of the molecule is CC(C)Oc1ccc(NCC(O)CCl)cc1C(F)(F)F. The highest BCUT2D eigenvalue weighted by atomic mass is 35.5. The summed E-state index contributed by atoms with van der Waals surface area (Å²) in [4.78, 5) is 0. The number of aliphatic hydroxyl groups is 1. The van der Waals surface area contributed by atoms with E-state index in [1.807, 2.05) is 0 Å². The van der Waals surface area contributed by atoms with Crippen molar-refractivity contribution < 1.29 is 23.0 Å². The van der Waals surface area contributed by atoms with E-state index in [-0.39, 0.29) is 30.0 Å². The highest BCUT2D eigenvalue weighted by molar-refractivity contribution is 6.18. The van der Waals surface area contributed by atoms with Crippen LogP contribution in [0, 0.1) is 0 Å². The number of alkyl halides is 4. The average molecular weight is 312 g/mol. The highest BCUT2D eigenvalue weighted by Crippen LogP contribution is 2.38. The Balaban J connectivity index is 2.96. The zero-order chi connectivity index (χ0) is 15.3. The molecule has 0 aliphatic carbocycles. The molecular formula is C13H17ClF3NO2. The number of halogens is 4. The monoisotopic (exact) mass is 311 g/mol. The van der Waals surface area contributed by atoms with E-state index in [4.69, 9.17) is 16.3 Å². The van der Waals surface area contributed by atoms with Gasteiger partial charge in [-0.1, -0.05) is 0 Å². The van der Waals surface area contributed by atoms with Crippen LogP contribution >= 0.6 is 11.6 Å². The molecule has 0 saturated carbocycles. The van der Waals surface area contributed by atoms with Crippen molar-refractivity contribution in [3.8, 4) is 5.75 Å². The minimum Gasteiger partial charge on any atom is -0.490 e. The van der Waals surface area contributed by atoms with Crippen molar-refractivity contribution in [1.82, 2.24) is 0 Å². The van der Waals surface area contributed by atoms with Gasteiger partial charge in [0.1, 0.15) is 5.75 Å². The number of hydrogen-bond acceptors (Lipinski definition) is 3. The summed E-state index contributed by atoms with van der Waals surface area (Å²) >= 11 is 5.41. The smallest absolute Gasteiger partial charge is 0.420 e. The molecular weight excluding hydrogens is 295 g/mol. The van der Waals surface area contributed by atoms with Gasteiger partial charge in [-0.15, -0.1) is 11.6 Å². The van der Waals surface area contributed by atoms with E-state index in [1.54, 1.807) is 13.8 Å². The summed E-state index contributed by atoms with van der Waals surface area (Å²) < 4.78 is 44.1. The molecule has 114 valence electrons. The number of hydrogen-bond donors (Lipinski definition) is 2. The van der Waals surface area contributed by atoms with Crippen LogP contribution in [0.1, 0.15) is 19.4 Å². The van der Waals surface area contributed by atoms with Crippen molar-refractivity contribution >= 4 is 17.3 Å². The van der Waals surface area contributed by atoms with E-state index in [2.05, 4.69) is 5.32 Å². The van der Waals surface area contributed by atoms with Crippen LogP contribution in [0.4, 0.5) is 18.9 Å². The largest absolute Gasteiger partial charge is 0.490 e. The maximum atomic E-state index is 13.0. The van der Waals surface area contributed by atoms with Crippen molar-refractivity contribution in [2.24, 2.45) is 0 Å². The molecule has 1 rings (SSSR count). The Kier molecular flexibility index (Phi) is 5.95. The third-order valence-corrected chi connectivity index (χ3v) is 2.72. The second-order valence-corrected chi connectivity index (χ2v) is 4.87. The predicted molar refractivity (Wildman–Crippen MR) is 72.4 cm³/mol. The van der Waals surface area contributed by atoms with E-state index < -0.39 is 17.8 Å². The zero-order valence-corrected chi connectivity index (χ0v) is 11.9. The molecule has 1 aromatic rings. The van der Waals surface area contributed by atoms with Gasteiger partial charge < -0.3 is 15.2 Å². The Bertz CT molecular complexity index is 438. The molecule has 0 fully saturated rings. The van der Waals surface area contributed by atoms with E-state index >= 15 is 0 Å². The number of anilines is 1. The summed E-state index contributed by atoms with van der Waals surface area (Å²) in [7, 11) is 0. The number of benzene rings is 1. The van der Waals surface area contributed by atoms with Gasteiger partial charge in [0.05, 0.1) is 23.7 Å². The molecule has 0 aliphatic heterocycles. The molecule has 1 unspecified atom stereocenters. The normalized spacial score (nSPS) is 13.4. The first-order chi connectivity index (χ1) is 9.24. The molecule has 0 radical (unpaired) electrons. The van der Waals surface area contributed by atoms with Crippen molar-refractivity contribution in [2.45, 2.75) is 32.2 Å². The maximum absolute atomic E-state index is 13.0. The molecule has 0 spiro atoms. The molecule has 2 N–H and O–H groups in total. The summed E-state index contributed by atoms with van der Waals surface area (Å²) in [5, 5.41) is 12.0. The molecule has 0 bridgehead atoms. The van der Waals surface area contributed by atoms with Crippen LogP contribution in [0.25, 0.3) is 0 Å². The van der Waals surface area contributed by atoms with Crippen LogP contribution in [0.5, 0.6) is 5.75 Å². The predicted octanol–water partition coefficient (Wildman–Crippen LogP) is 3.50. The lowest BCUT2D eigenvalue weighted by molar-refractivity contribution is -0.139. The zero-order valence-electron chi connectivity index (χ0n) is 11.2. The lowest BCUT2D eigenvalue weighted by Crippen LogP contribution is -2.21. The number of ether oxygens (including phenoxy) is 1. The van der Waals surface area contributed by atoms with Crippen molar-refractivity contribution in [3.05, 3.63) is 23.8 Å². The Morgan fingerprint density at radius 2 is 2.00 bits per heavy atom. The molecule has 0 heterocycles. The molecule has 0 amide bonds. The molecule has 1 aromatic carbocycles. The summed E-state index contributed by atoms with van der Waals surface area (Å²) in [6.45, 7) is 3.39. The van der Waals surface area contributed by atoms with Gasteiger partial charge in [0.15, 0.2) is 0 Å². The third kappa shape index (κ3) is 5.09. The number of aliphatic hydroxyl groups excluding tert-OH is 1. The molecule has 0 aromatic heterocycles. The summed E-state index contributed by atoms with van der Waals surface area (Å²) in [6, 6.07) is 3.69. The van der Waals surface area contributed by atoms with Gasteiger partial charge in [-0.3, -0.25) is 0 Å². The van der Waals surface area contributed by atoms with Gasteiger partial charge >= 0.3 is 6.18 Å². The summed E-state index contributed by atoms with van der Waals surface area (Å²) in [5.41, 5.74) is -0.603. The van der Waals surface area contributed by atoms with E-state index in [0.29, 0.717) is 0 Å². The van der Waals surface area contributed by atoms with Crippen LogP contribution in [0.3, 0.4) is 0 Å². The van der Waals surface area contributed by atoms with Crippen LogP contribution < -0.4 is 10.1 Å². The first-order valence-electron chi connectivity index (χ1n) is 6.10. The van der Waals surface area contributed by atoms with Gasteiger partial charge in [0.25, 0.3) is 0 Å². The lowest BCUT2D eigenvalue weighted by Gasteiger charge is -2.18. The molecule has 1 atom stereocenters. The van der Waals surface area contributed by atoms with E-state index in [1.165, 1.54) is 12.1 Å². The van der Waals surface area contributed by atoms with Crippen molar-refractivity contribution in [2.75, 3.05) is 17.7 Å². The topological polar surface area (TPSA) is 41.5 Å². The van der Waals surface area contributed by atoms with Gasteiger partial charge in [-0.05, 0) is 32.0 Å². The van der Waals surface area contributed by atoms with E-state index in [9.17, 15) is 18.3 Å². The number of rotatable bonds is 6. The Labute approximate surface area is 120 Å². The second kappa shape index (κ2) is 7.04. The van der Waals surface area contributed by atoms with Crippen molar-refractivity contribution in [1.29, 1.82) is 0 Å². The first kappa shape index (κ1) is 16.9. The molecule has 3 nitrogen and oxygen atoms in total. The van der Waals surface area contributed by atoms with Gasteiger partial charge in [0.2, 0.25) is 0 Å². The summed E-state index contributed by atoms with van der Waals surface area (Å²) in [5.74, 6) is -0.204. The van der Waals surface area contributed by atoms with Gasteiger partial charge in [0, 0.05) is 12.2 Å². The van der Waals surface area contributed by atoms with Crippen LogP contribution in [-0.4, -0.2) is 29.7 Å². The van der Waals surface area contributed by atoms with Crippen LogP contribution in [0.2, 0.25) is 0 Å². The Hall–Kier alpha value is -1.14. The minimum atomic E-state index is -4.51. The quantitative estimate of drug-likeness (QED) is 0.790. The first-order valence-corrected chi connectivity index (χ1v) is 6.63. The average Bonchev–Trinajstić information content (AvgIpc) is 2.35. The fourth-order valence-corrected chi connectivity index (χ4v) is 1.62. The minimum absolute atomic E-state index is 0.00761. The van der Waals surface area contributed by atoms with Gasteiger partial charge in [-0.2, -0.15) is 13.2 Å². The number of nitrogens with one attached hydrogen (secondary N) is 1. The highest BCUT2D eigenvalue weighted by Gasteiger charge is 2.35. The van der Waals surface area contributed by atoms with Crippen LogP contribution in [0.15, 0.2) is 18.2 Å². The molecule has 7 heteroatoms. The fourth-order valence-electron chi connectivity index (χ4n) is 1.51. The maximum Gasteiger partial charge on any atom is 0.420 e. The van der Waals surface area contributed by atoms with Gasteiger partial charge in [-0.25, -0.2) is 0 Å². The third-order valence-electron chi connectivity index (χ3n) is 2.37. The lowest BCUT2D eigenvalue weighted by atomic mass is 10.1. The van der Waals surface area contributed by atoms with Crippen molar-refractivity contribution in [3.63, 3.8) is 0 Å². The second-order valence-electron chi connectivity index (χ2n) is 4.56. The fraction of sp³-hybridized carbons (Fsp3) is 0.538. The molecule has 0 saturated heterocycles. The Morgan fingerprint density at radius 1 is 1.35 bits per heavy atom. The standard InChI is InChI=1S/C13H17ClF3NO2/c1-8(2)20-12-4-3-9(18-7-10(19)6-14)5-11(12)13(15,16)17/h3-5,8,10,18-19H,6-7H2,1-2H3. The molecule has 0 aliphatic rings. The molecule has 20 heavy (non-hydrogen) atoms. The Morgan fingerprint density at radius 3 is 2.50 bits per heavy atom. The van der Waals surface area contributed by atoms with E-state index in [0.717, 1.165) is 6.07 Å². The van der Waals surface area contributed by atoms with Crippen LogP contribution in [-0.2, 0) is 6.18 Å². The summed E-state index contributed by atoms with van der Waals surface area (Å²) in [6.07, 6.45) is -5.68.